The second kappa shape index (κ2) is 10.9. The molecule has 1 aromatic heterocycles. The van der Waals surface area contributed by atoms with Gasteiger partial charge in [-0.1, -0.05) is 24.3 Å². The SMILES string of the molecule is COc1cc(C(=O)Nc2cccc(C(=O)Nc3c(C)nn(-c4ccccc4)c3C)c2)cc(OC)c1OC. The van der Waals surface area contributed by atoms with Gasteiger partial charge in [-0.25, -0.2) is 4.68 Å². The van der Waals surface area contributed by atoms with Gasteiger partial charge in [0.25, 0.3) is 11.8 Å². The quantitative estimate of drug-likeness (QED) is 0.352. The van der Waals surface area contributed by atoms with Gasteiger partial charge in [-0.15, -0.1) is 0 Å². The first kappa shape index (κ1) is 25.3. The van der Waals surface area contributed by atoms with E-state index in [-0.39, 0.29) is 5.91 Å². The topological polar surface area (TPSA) is 104 Å². The van der Waals surface area contributed by atoms with Crippen molar-refractivity contribution in [1.29, 1.82) is 0 Å². The summed E-state index contributed by atoms with van der Waals surface area (Å²) in [6.45, 7) is 3.74. The highest BCUT2D eigenvalue weighted by molar-refractivity contribution is 6.08. The minimum Gasteiger partial charge on any atom is -0.493 e. The predicted octanol–water partition coefficient (Wildman–Crippen LogP) is 5.02. The lowest BCUT2D eigenvalue weighted by Gasteiger charge is -2.14. The molecule has 4 aromatic rings. The van der Waals surface area contributed by atoms with Crippen molar-refractivity contribution in [3.63, 3.8) is 0 Å². The Hall–Kier alpha value is -4.79. The van der Waals surface area contributed by atoms with Gasteiger partial charge < -0.3 is 24.8 Å². The van der Waals surface area contributed by atoms with E-state index >= 15 is 0 Å². The van der Waals surface area contributed by atoms with Crippen LogP contribution >= 0.6 is 0 Å². The number of aromatic nitrogens is 2. The molecule has 9 nitrogen and oxygen atoms in total. The van der Waals surface area contributed by atoms with E-state index < -0.39 is 5.91 Å². The van der Waals surface area contributed by atoms with Gasteiger partial charge in [0.15, 0.2) is 11.5 Å². The number of methoxy groups -OCH3 is 3. The zero-order valence-electron chi connectivity index (χ0n) is 21.3. The number of benzene rings is 3. The van der Waals surface area contributed by atoms with Gasteiger partial charge in [-0.2, -0.15) is 5.10 Å². The summed E-state index contributed by atoms with van der Waals surface area (Å²) in [6, 6.07) is 19.5. The Bertz CT molecular complexity index is 1420. The number of nitrogens with zero attached hydrogens (tertiary/aromatic N) is 2. The Morgan fingerprint density at radius 1 is 0.757 bits per heavy atom. The summed E-state index contributed by atoms with van der Waals surface area (Å²) in [4.78, 5) is 26.1. The van der Waals surface area contributed by atoms with E-state index in [1.165, 1.54) is 21.3 Å². The Labute approximate surface area is 215 Å². The number of amides is 2. The number of anilines is 2. The van der Waals surface area contributed by atoms with Gasteiger partial charge in [-0.3, -0.25) is 9.59 Å². The molecule has 0 aliphatic rings. The van der Waals surface area contributed by atoms with E-state index in [1.54, 1.807) is 41.1 Å². The van der Waals surface area contributed by atoms with E-state index in [1.807, 2.05) is 44.2 Å². The number of hydrogen-bond acceptors (Lipinski definition) is 6. The van der Waals surface area contributed by atoms with Crippen molar-refractivity contribution in [3.05, 3.63) is 89.2 Å². The maximum absolute atomic E-state index is 13.1. The van der Waals surface area contributed by atoms with Crippen LogP contribution in [0, 0.1) is 13.8 Å². The lowest BCUT2D eigenvalue weighted by atomic mass is 10.1. The molecule has 0 fully saturated rings. The molecule has 0 saturated heterocycles. The highest BCUT2D eigenvalue weighted by Gasteiger charge is 2.19. The van der Waals surface area contributed by atoms with E-state index in [0.717, 1.165) is 11.4 Å². The van der Waals surface area contributed by atoms with Crippen LogP contribution < -0.4 is 24.8 Å². The number of rotatable bonds is 8. The number of hydrogen-bond donors (Lipinski definition) is 2. The fraction of sp³-hybridized carbons (Fsp3) is 0.179. The highest BCUT2D eigenvalue weighted by Crippen LogP contribution is 2.38. The second-order valence-corrected chi connectivity index (χ2v) is 8.20. The zero-order chi connectivity index (χ0) is 26.5. The molecule has 2 N–H and O–H groups in total. The van der Waals surface area contributed by atoms with Crippen LogP contribution in [0.25, 0.3) is 5.69 Å². The molecule has 2 amide bonds. The Balaban J connectivity index is 1.54. The van der Waals surface area contributed by atoms with Gasteiger partial charge in [0.1, 0.15) is 0 Å². The summed E-state index contributed by atoms with van der Waals surface area (Å²) >= 11 is 0. The fourth-order valence-corrected chi connectivity index (χ4v) is 3.98. The Morgan fingerprint density at radius 2 is 1.41 bits per heavy atom. The lowest BCUT2D eigenvalue weighted by Crippen LogP contribution is -2.15. The van der Waals surface area contributed by atoms with E-state index in [9.17, 15) is 9.59 Å². The van der Waals surface area contributed by atoms with Crippen LogP contribution in [0.5, 0.6) is 17.2 Å². The summed E-state index contributed by atoms with van der Waals surface area (Å²) < 4.78 is 17.8. The molecule has 0 aliphatic heterocycles. The molecule has 37 heavy (non-hydrogen) atoms. The molecular weight excluding hydrogens is 472 g/mol. The van der Waals surface area contributed by atoms with E-state index in [2.05, 4.69) is 15.7 Å². The molecule has 4 rings (SSSR count). The molecule has 0 spiro atoms. The standard InChI is InChI=1S/C28H28N4O5/c1-17-25(18(2)32(31-17)22-12-7-6-8-13-22)30-27(33)19-10-9-11-21(14-19)29-28(34)20-15-23(35-3)26(37-5)24(16-20)36-4/h6-16H,1-5H3,(H,29,34)(H,30,33). The highest BCUT2D eigenvalue weighted by atomic mass is 16.5. The first-order valence-corrected chi connectivity index (χ1v) is 11.5. The number of carbonyl (C=O) groups is 2. The summed E-state index contributed by atoms with van der Waals surface area (Å²) in [5.74, 6) is 0.403. The van der Waals surface area contributed by atoms with Crippen molar-refractivity contribution < 1.29 is 23.8 Å². The lowest BCUT2D eigenvalue weighted by molar-refractivity contribution is 0.101. The van der Waals surface area contributed by atoms with Crippen LogP contribution in [0.4, 0.5) is 11.4 Å². The molecule has 1 heterocycles. The second-order valence-electron chi connectivity index (χ2n) is 8.20. The predicted molar refractivity (Wildman–Crippen MR) is 141 cm³/mol. The van der Waals surface area contributed by atoms with Gasteiger partial charge in [0, 0.05) is 16.8 Å². The van der Waals surface area contributed by atoms with Gasteiger partial charge in [-0.05, 0) is 56.3 Å². The molecule has 0 bridgehead atoms. The van der Waals surface area contributed by atoms with Crippen molar-refractivity contribution in [1.82, 2.24) is 9.78 Å². The third-order valence-corrected chi connectivity index (χ3v) is 5.84. The third kappa shape index (κ3) is 5.25. The largest absolute Gasteiger partial charge is 0.493 e. The van der Waals surface area contributed by atoms with Crippen LogP contribution in [0.2, 0.25) is 0 Å². The van der Waals surface area contributed by atoms with Crippen LogP contribution in [0.3, 0.4) is 0 Å². The number of para-hydroxylation sites is 1. The minimum absolute atomic E-state index is 0.309. The van der Waals surface area contributed by atoms with Crippen LogP contribution in [0.1, 0.15) is 32.1 Å². The van der Waals surface area contributed by atoms with Crippen LogP contribution in [-0.4, -0.2) is 42.9 Å². The number of ether oxygens (including phenoxy) is 3. The van der Waals surface area contributed by atoms with Crippen molar-refractivity contribution in [2.45, 2.75) is 13.8 Å². The molecule has 0 unspecified atom stereocenters. The number of carbonyl (C=O) groups excluding carboxylic acids is 2. The van der Waals surface area contributed by atoms with Crippen LogP contribution in [-0.2, 0) is 0 Å². The summed E-state index contributed by atoms with van der Waals surface area (Å²) in [5, 5.41) is 10.4. The zero-order valence-corrected chi connectivity index (χ0v) is 21.3. The van der Waals surface area contributed by atoms with E-state index in [0.29, 0.717) is 45.4 Å². The summed E-state index contributed by atoms with van der Waals surface area (Å²) in [6.07, 6.45) is 0. The molecule has 0 radical (unpaired) electrons. The Morgan fingerprint density at radius 3 is 2.03 bits per heavy atom. The molecule has 0 saturated carbocycles. The Kier molecular flexibility index (Phi) is 7.43. The van der Waals surface area contributed by atoms with Crippen molar-refractivity contribution >= 4 is 23.2 Å². The first-order chi connectivity index (χ1) is 17.9. The molecule has 0 aliphatic carbocycles. The summed E-state index contributed by atoms with van der Waals surface area (Å²) in [5.41, 5.74) is 4.20. The van der Waals surface area contributed by atoms with E-state index in [4.69, 9.17) is 14.2 Å². The van der Waals surface area contributed by atoms with Crippen molar-refractivity contribution in [2.75, 3.05) is 32.0 Å². The minimum atomic E-state index is -0.396. The first-order valence-electron chi connectivity index (χ1n) is 11.5. The maximum atomic E-state index is 13.1. The number of nitrogens with one attached hydrogen (secondary N) is 2. The fourth-order valence-electron chi connectivity index (χ4n) is 3.98. The van der Waals surface area contributed by atoms with Gasteiger partial charge >= 0.3 is 0 Å². The van der Waals surface area contributed by atoms with Crippen molar-refractivity contribution in [2.24, 2.45) is 0 Å². The van der Waals surface area contributed by atoms with Gasteiger partial charge in [0.05, 0.1) is 44.1 Å². The molecule has 3 aromatic carbocycles. The number of aryl methyl sites for hydroxylation is 1. The molecule has 0 atom stereocenters. The van der Waals surface area contributed by atoms with Gasteiger partial charge in [0.2, 0.25) is 5.75 Å². The molecule has 9 heteroatoms. The average molecular weight is 501 g/mol. The third-order valence-electron chi connectivity index (χ3n) is 5.84. The molecular formula is C28H28N4O5. The maximum Gasteiger partial charge on any atom is 0.255 e. The summed E-state index contributed by atoms with van der Waals surface area (Å²) in [7, 11) is 4.45. The average Bonchev–Trinajstić information content (AvgIpc) is 3.21. The normalized spacial score (nSPS) is 10.5. The monoisotopic (exact) mass is 500 g/mol. The van der Waals surface area contributed by atoms with Crippen molar-refractivity contribution in [3.8, 4) is 22.9 Å². The van der Waals surface area contributed by atoms with Crippen LogP contribution in [0.15, 0.2) is 66.7 Å². The smallest absolute Gasteiger partial charge is 0.255 e. The molecule has 190 valence electrons.